The van der Waals surface area contributed by atoms with E-state index in [0.717, 1.165) is 19.0 Å². The van der Waals surface area contributed by atoms with Crippen molar-refractivity contribution in [3.8, 4) is 0 Å². The average molecular weight is 237 g/mol. The molecule has 1 saturated heterocycles. The first-order valence-electron chi connectivity index (χ1n) is 7.24. The van der Waals surface area contributed by atoms with Crippen LogP contribution in [-0.4, -0.2) is 25.4 Å². The Balaban J connectivity index is 1.83. The lowest BCUT2D eigenvalue weighted by atomic mass is 9.93. The van der Waals surface area contributed by atoms with Crippen molar-refractivity contribution in [1.82, 2.24) is 16.0 Å². The molecule has 2 rings (SSSR count). The van der Waals surface area contributed by atoms with Gasteiger partial charge in [-0.3, -0.25) is 10.6 Å². The van der Waals surface area contributed by atoms with Gasteiger partial charge in [-0.25, -0.2) is 0 Å². The van der Waals surface area contributed by atoms with Crippen LogP contribution in [0.25, 0.3) is 0 Å². The van der Waals surface area contributed by atoms with Crippen LogP contribution in [0.2, 0.25) is 0 Å². The first kappa shape index (κ1) is 13.1. The van der Waals surface area contributed by atoms with Crippen molar-refractivity contribution in [2.24, 2.45) is 5.92 Å². The second-order valence-corrected chi connectivity index (χ2v) is 5.33. The first-order valence-corrected chi connectivity index (χ1v) is 7.24. The van der Waals surface area contributed by atoms with Crippen molar-refractivity contribution in [2.45, 2.75) is 58.3 Å². The standard InChI is InChI=1S/C14H27N3/c1-3-11-5-7-15-13(9-11)17-14-10-12(4-2)6-8-16-14/h9,12-17H,3-8,10H2,1-2H3. The Bertz CT molecular complexity index is 262. The van der Waals surface area contributed by atoms with E-state index in [2.05, 4.69) is 35.9 Å². The van der Waals surface area contributed by atoms with Crippen LogP contribution in [0.5, 0.6) is 0 Å². The monoisotopic (exact) mass is 237 g/mol. The van der Waals surface area contributed by atoms with Gasteiger partial charge in [0, 0.05) is 6.54 Å². The second-order valence-electron chi connectivity index (χ2n) is 5.33. The van der Waals surface area contributed by atoms with Crippen LogP contribution >= 0.6 is 0 Å². The highest BCUT2D eigenvalue weighted by Gasteiger charge is 2.22. The summed E-state index contributed by atoms with van der Waals surface area (Å²) in [6.07, 6.45) is 9.55. The second kappa shape index (κ2) is 6.53. The number of nitrogens with one attached hydrogen (secondary N) is 3. The molecule has 0 aliphatic carbocycles. The third-order valence-corrected chi connectivity index (χ3v) is 4.14. The lowest BCUT2D eigenvalue weighted by Gasteiger charge is -2.34. The van der Waals surface area contributed by atoms with E-state index in [1.54, 1.807) is 5.57 Å². The van der Waals surface area contributed by atoms with Gasteiger partial charge in [-0.2, -0.15) is 0 Å². The molecule has 0 amide bonds. The summed E-state index contributed by atoms with van der Waals surface area (Å²) in [7, 11) is 0. The molecule has 98 valence electrons. The molecule has 0 aromatic carbocycles. The molecule has 3 atom stereocenters. The number of rotatable bonds is 4. The maximum Gasteiger partial charge on any atom is 0.0778 e. The molecular weight excluding hydrogens is 210 g/mol. The van der Waals surface area contributed by atoms with E-state index in [0.29, 0.717) is 12.3 Å². The van der Waals surface area contributed by atoms with Crippen LogP contribution in [0.1, 0.15) is 46.0 Å². The summed E-state index contributed by atoms with van der Waals surface area (Å²) in [5, 5.41) is 10.8. The average Bonchev–Trinajstić information content (AvgIpc) is 2.39. The van der Waals surface area contributed by atoms with Crippen molar-refractivity contribution >= 4 is 0 Å². The fraction of sp³-hybridized carbons (Fsp3) is 0.857. The van der Waals surface area contributed by atoms with Gasteiger partial charge in [0.15, 0.2) is 0 Å². The van der Waals surface area contributed by atoms with Crippen LogP contribution < -0.4 is 16.0 Å². The summed E-state index contributed by atoms with van der Waals surface area (Å²) in [5.74, 6) is 0.895. The van der Waals surface area contributed by atoms with Gasteiger partial charge in [0.25, 0.3) is 0 Å². The molecule has 3 heteroatoms. The number of piperidine rings is 1. The van der Waals surface area contributed by atoms with E-state index in [1.807, 2.05) is 0 Å². The highest BCUT2D eigenvalue weighted by molar-refractivity contribution is 5.10. The van der Waals surface area contributed by atoms with Crippen molar-refractivity contribution < 1.29 is 0 Å². The zero-order chi connectivity index (χ0) is 12.1. The molecule has 2 heterocycles. The van der Waals surface area contributed by atoms with Gasteiger partial charge < -0.3 is 5.32 Å². The Morgan fingerprint density at radius 1 is 1.29 bits per heavy atom. The highest BCUT2D eigenvalue weighted by Crippen LogP contribution is 2.19. The van der Waals surface area contributed by atoms with Crippen molar-refractivity contribution in [1.29, 1.82) is 0 Å². The molecule has 0 radical (unpaired) electrons. The molecular formula is C14H27N3. The maximum absolute atomic E-state index is 3.69. The smallest absolute Gasteiger partial charge is 0.0778 e. The summed E-state index contributed by atoms with van der Waals surface area (Å²) >= 11 is 0. The van der Waals surface area contributed by atoms with E-state index in [9.17, 15) is 0 Å². The molecule has 0 spiro atoms. The molecule has 0 saturated carbocycles. The Labute approximate surface area is 105 Å². The SMILES string of the molecule is CCC1=CC(NC2CC(CC)CCN2)NCC1. The summed E-state index contributed by atoms with van der Waals surface area (Å²) in [6.45, 7) is 6.83. The normalized spacial score (nSPS) is 34.5. The van der Waals surface area contributed by atoms with E-state index in [-0.39, 0.29) is 0 Å². The highest BCUT2D eigenvalue weighted by atomic mass is 15.2. The van der Waals surface area contributed by atoms with Crippen LogP contribution in [0.3, 0.4) is 0 Å². The predicted octanol–water partition coefficient (Wildman–Crippen LogP) is 1.97. The Kier molecular flexibility index (Phi) is 5.01. The molecule has 1 fully saturated rings. The van der Waals surface area contributed by atoms with E-state index in [4.69, 9.17) is 0 Å². The minimum Gasteiger partial charge on any atom is -0.302 e. The van der Waals surface area contributed by atoms with Crippen LogP contribution in [0, 0.1) is 5.92 Å². The quantitative estimate of drug-likeness (QED) is 0.654. The summed E-state index contributed by atoms with van der Waals surface area (Å²) in [6, 6.07) is 0. The minimum atomic E-state index is 0.367. The van der Waals surface area contributed by atoms with Gasteiger partial charge in [0.05, 0.1) is 12.3 Å². The Morgan fingerprint density at radius 2 is 2.18 bits per heavy atom. The van der Waals surface area contributed by atoms with E-state index < -0.39 is 0 Å². The van der Waals surface area contributed by atoms with Crippen molar-refractivity contribution in [3.63, 3.8) is 0 Å². The molecule has 0 bridgehead atoms. The van der Waals surface area contributed by atoms with Gasteiger partial charge >= 0.3 is 0 Å². The molecule has 3 nitrogen and oxygen atoms in total. The summed E-state index contributed by atoms with van der Waals surface area (Å²) in [5.41, 5.74) is 1.59. The number of hydrogen-bond donors (Lipinski definition) is 3. The fourth-order valence-corrected chi connectivity index (χ4v) is 2.88. The van der Waals surface area contributed by atoms with Gasteiger partial charge in [0.1, 0.15) is 0 Å². The van der Waals surface area contributed by atoms with Gasteiger partial charge in [0.2, 0.25) is 0 Å². The van der Waals surface area contributed by atoms with E-state index >= 15 is 0 Å². The predicted molar refractivity (Wildman–Crippen MR) is 72.7 cm³/mol. The lowest BCUT2D eigenvalue weighted by molar-refractivity contribution is 0.242. The summed E-state index contributed by atoms with van der Waals surface area (Å²) in [4.78, 5) is 0. The largest absolute Gasteiger partial charge is 0.302 e. The summed E-state index contributed by atoms with van der Waals surface area (Å²) < 4.78 is 0. The topological polar surface area (TPSA) is 36.1 Å². The Morgan fingerprint density at radius 3 is 2.94 bits per heavy atom. The fourth-order valence-electron chi connectivity index (χ4n) is 2.88. The molecule has 17 heavy (non-hydrogen) atoms. The van der Waals surface area contributed by atoms with Crippen LogP contribution in [0.4, 0.5) is 0 Å². The Hall–Kier alpha value is -0.380. The lowest BCUT2D eigenvalue weighted by Crippen LogP contribution is -2.55. The molecule has 0 aromatic rings. The van der Waals surface area contributed by atoms with Gasteiger partial charge in [-0.15, -0.1) is 0 Å². The molecule has 3 N–H and O–H groups in total. The van der Waals surface area contributed by atoms with Crippen molar-refractivity contribution in [2.75, 3.05) is 13.1 Å². The zero-order valence-electron chi connectivity index (χ0n) is 11.3. The maximum atomic E-state index is 3.69. The molecule has 0 aromatic heterocycles. The van der Waals surface area contributed by atoms with Gasteiger partial charge in [-0.1, -0.05) is 31.9 Å². The molecule has 3 unspecified atom stereocenters. The van der Waals surface area contributed by atoms with Crippen molar-refractivity contribution in [3.05, 3.63) is 11.6 Å². The van der Waals surface area contributed by atoms with E-state index in [1.165, 1.54) is 32.1 Å². The molecule has 2 aliphatic heterocycles. The van der Waals surface area contributed by atoms with Gasteiger partial charge in [-0.05, 0) is 38.1 Å². The van der Waals surface area contributed by atoms with Crippen LogP contribution in [-0.2, 0) is 0 Å². The third kappa shape index (κ3) is 3.80. The first-order chi connectivity index (χ1) is 8.31. The zero-order valence-corrected chi connectivity index (χ0v) is 11.3. The third-order valence-electron chi connectivity index (χ3n) is 4.14. The van der Waals surface area contributed by atoms with Crippen LogP contribution in [0.15, 0.2) is 11.6 Å². The molecule has 2 aliphatic rings. The minimum absolute atomic E-state index is 0.367. The number of hydrogen-bond acceptors (Lipinski definition) is 3.